The number of fused-ring (bicyclic) bond motifs is 2. The molecule has 3 aromatic rings. The zero-order valence-corrected chi connectivity index (χ0v) is 18.6. The standard InChI is InChI=1S/C25H25FN2O6/c1-30-20-8-14(13-4-6-31-7-5-13)2-3-15(20)23-16(26)9-17-18(28-23)10-22(27-17)34-21-12-33-24-19(29)11-32-25(21)24/h2-4,8-10,19,21,24-25,27,29H,5-7,11-12H2,1H3/t19-,21-,24-,25-/m1/s1. The number of nitrogens with zero attached hydrogens (tertiary/aromatic N) is 1. The lowest BCUT2D eigenvalue weighted by molar-refractivity contribution is 0.00794. The topological polar surface area (TPSA) is 95.1 Å². The molecule has 8 nitrogen and oxygen atoms in total. The van der Waals surface area contributed by atoms with Gasteiger partial charge in [-0.3, -0.25) is 0 Å². The SMILES string of the molecule is COc1cc(C2=CCOCC2)ccc1-c1nc2cc(O[C@@H]3CO[C@H]4[C@@H]3OC[C@H]4O)[nH]c2cc1F. The van der Waals surface area contributed by atoms with E-state index in [1.807, 2.05) is 18.2 Å². The zero-order valence-electron chi connectivity index (χ0n) is 18.6. The van der Waals surface area contributed by atoms with E-state index in [2.05, 4.69) is 16.0 Å². The van der Waals surface area contributed by atoms with Gasteiger partial charge in [0.1, 0.15) is 29.8 Å². The molecule has 2 N–H and O–H groups in total. The maximum Gasteiger partial charge on any atom is 0.193 e. The Morgan fingerprint density at radius 3 is 2.85 bits per heavy atom. The van der Waals surface area contributed by atoms with E-state index in [4.69, 9.17) is 23.7 Å². The van der Waals surface area contributed by atoms with Crippen LogP contribution in [0.1, 0.15) is 12.0 Å². The molecule has 0 aliphatic carbocycles. The second-order valence-electron chi connectivity index (χ2n) is 8.67. The normalized spacial score (nSPS) is 26.5. The Morgan fingerprint density at radius 1 is 1.15 bits per heavy atom. The molecule has 0 unspecified atom stereocenters. The lowest BCUT2D eigenvalue weighted by Gasteiger charge is -2.16. The molecular formula is C25H25FN2O6. The van der Waals surface area contributed by atoms with Crippen LogP contribution in [0, 0.1) is 5.82 Å². The summed E-state index contributed by atoms with van der Waals surface area (Å²) in [4.78, 5) is 7.63. The van der Waals surface area contributed by atoms with Crippen molar-refractivity contribution in [2.45, 2.75) is 30.8 Å². The van der Waals surface area contributed by atoms with Gasteiger partial charge in [0, 0.05) is 17.7 Å². The second kappa shape index (κ2) is 8.66. The molecule has 0 saturated carbocycles. The fraction of sp³-hybridized carbons (Fsp3) is 0.400. The van der Waals surface area contributed by atoms with Gasteiger partial charge in [-0.2, -0.15) is 0 Å². The lowest BCUT2D eigenvalue weighted by Crippen LogP contribution is -2.34. The summed E-state index contributed by atoms with van der Waals surface area (Å²) in [5.41, 5.74) is 4.06. The van der Waals surface area contributed by atoms with E-state index >= 15 is 4.39 Å². The first-order valence-electron chi connectivity index (χ1n) is 11.3. The number of methoxy groups -OCH3 is 1. The monoisotopic (exact) mass is 468 g/mol. The van der Waals surface area contributed by atoms with Crippen molar-refractivity contribution in [2.75, 3.05) is 33.5 Å². The molecular weight excluding hydrogens is 443 g/mol. The van der Waals surface area contributed by atoms with Crippen LogP contribution in [0.15, 0.2) is 36.4 Å². The molecule has 6 rings (SSSR count). The maximum absolute atomic E-state index is 15.1. The number of aliphatic hydroxyl groups is 1. The van der Waals surface area contributed by atoms with Gasteiger partial charge in [-0.05, 0) is 29.7 Å². The van der Waals surface area contributed by atoms with Gasteiger partial charge in [0.25, 0.3) is 0 Å². The Labute approximate surface area is 195 Å². The number of benzene rings is 1. The van der Waals surface area contributed by atoms with Crippen molar-refractivity contribution in [3.8, 4) is 22.9 Å². The van der Waals surface area contributed by atoms with Gasteiger partial charge >= 0.3 is 0 Å². The van der Waals surface area contributed by atoms with Crippen molar-refractivity contribution in [3.05, 3.63) is 47.8 Å². The Bertz CT molecular complexity index is 1260. The molecule has 2 fully saturated rings. The summed E-state index contributed by atoms with van der Waals surface area (Å²) in [5.74, 6) is 0.518. The van der Waals surface area contributed by atoms with Gasteiger partial charge in [0.15, 0.2) is 17.8 Å². The molecule has 5 heterocycles. The fourth-order valence-electron chi connectivity index (χ4n) is 4.84. The van der Waals surface area contributed by atoms with Gasteiger partial charge in [0.2, 0.25) is 0 Å². The second-order valence-corrected chi connectivity index (χ2v) is 8.67. The van der Waals surface area contributed by atoms with Crippen molar-refractivity contribution >= 4 is 16.6 Å². The van der Waals surface area contributed by atoms with Gasteiger partial charge < -0.3 is 33.8 Å². The molecule has 0 amide bonds. The molecule has 2 saturated heterocycles. The minimum Gasteiger partial charge on any atom is -0.496 e. The molecule has 34 heavy (non-hydrogen) atoms. The molecule has 0 spiro atoms. The van der Waals surface area contributed by atoms with Crippen molar-refractivity contribution in [3.63, 3.8) is 0 Å². The van der Waals surface area contributed by atoms with E-state index in [0.717, 1.165) is 12.0 Å². The average Bonchev–Trinajstić information content (AvgIpc) is 3.55. The number of H-pyrrole nitrogens is 1. The predicted molar refractivity (Wildman–Crippen MR) is 121 cm³/mol. The summed E-state index contributed by atoms with van der Waals surface area (Å²) < 4.78 is 43.4. The van der Waals surface area contributed by atoms with Crippen LogP contribution >= 0.6 is 0 Å². The number of aromatic amines is 1. The summed E-state index contributed by atoms with van der Waals surface area (Å²) in [6.07, 6.45) is 1.14. The highest BCUT2D eigenvalue weighted by Crippen LogP contribution is 2.36. The number of pyridine rings is 1. The van der Waals surface area contributed by atoms with Crippen molar-refractivity contribution in [1.82, 2.24) is 9.97 Å². The van der Waals surface area contributed by atoms with Gasteiger partial charge in [-0.25, -0.2) is 9.37 Å². The highest BCUT2D eigenvalue weighted by molar-refractivity contribution is 5.83. The van der Waals surface area contributed by atoms with Crippen molar-refractivity contribution in [2.24, 2.45) is 0 Å². The molecule has 4 atom stereocenters. The Kier molecular flexibility index (Phi) is 5.49. The van der Waals surface area contributed by atoms with E-state index in [1.54, 1.807) is 13.2 Å². The number of aliphatic hydroxyl groups excluding tert-OH is 1. The number of hydrogen-bond donors (Lipinski definition) is 2. The largest absolute Gasteiger partial charge is 0.496 e. The smallest absolute Gasteiger partial charge is 0.193 e. The molecule has 3 aliphatic rings. The summed E-state index contributed by atoms with van der Waals surface area (Å²) in [5, 5.41) is 9.92. The van der Waals surface area contributed by atoms with E-state index in [9.17, 15) is 5.11 Å². The lowest BCUT2D eigenvalue weighted by atomic mass is 9.98. The Balaban J connectivity index is 1.29. The third kappa shape index (κ3) is 3.74. The summed E-state index contributed by atoms with van der Waals surface area (Å²) in [6, 6.07) is 8.84. The number of aromatic nitrogens is 2. The summed E-state index contributed by atoms with van der Waals surface area (Å²) in [7, 11) is 1.57. The fourth-order valence-corrected chi connectivity index (χ4v) is 4.84. The number of halogens is 1. The van der Waals surface area contributed by atoms with Crippen molar-refractivity contribution in [1.29, 1.82) is 0 Å². The molecule has 0 bridgehead atoms. The van der Waals surface area contributed by atoms with Crippen LogP contribution in [-0.2, 0) is 14.2 Å². The number of ether oxygens (including phenoxy) is 5. The molecule has 0 radical (unpaired) electrons. The van der Waals surface area contributed by atoms with Crippen LogP contribution in [0.2, 0.25) is 0 Å². The van der Waals surface area contributed by atoms with Crippen LogP contribution in [0.4, 0.5) is 4.39 Å². The minimum atomic E-state index is -0.649. The van der Waals surface area contributed by atoms with Gasteiger partial charge in [-0.1, -0.05) is 12.1 Å². The molecule has 1 aromatic carbocycles. The van der Waals surface area contributed by atoms with Crippen LogP contribution in [0.25, 0.3) is 27.9 Å². The highest BCUT2D eigenvalue weighted by Gasteiger charge is 2.48. The van der Waals surface area contributed by atoms with Crippen molar-refractivity contribution < 1.29 is 33.2 Å². The molecule has 2 aromatic heterocycles. The first-order chi connectivity index (χ1) is 16.6. The first-order valence-corrected chi connectivity index (χ1v) is 11.3. The highest BCUT2D eigenvalue weighted by atomic mass is 19.1. The van der Waals surface area contributed by atoms with E-state index in [0.29, 0.717) is 48.0 Å². The van der Waals surface area contributed by atoms with E-state index in [-0.39, 0.29) is 30.6 Å². The minimum absolute atomic E-state index is 0.203. The average molecular weight is 468 g/mol. The Morgan fingerprint density at radius 2 is 2.03 bits per heavy atom. The zero-order chi connectivity index (χ0) is 23.2. The first kappa shape index (κ1) is 21.5. The third-order valence-electron chi connectivity index (χ3n) is 6.58. The van der Waals surface area contributed by atoms with Crippen LogP contribution in [-0.4, -0.2) is 73.0 Å². The third-order valence-corrected chi connectivity index (χ3v) is 6.58. The van der Waals surface area contributed by atoms with Crippen LogP contribution in [0.3, 0.4) is 0 Å². The molecule has 9 heteroatoms. The number of hydrogen-bond acceptors (Lipinski definition) is 7. The molecule has 178 valence electrons. The summed E-state index contributed by atoms with van der Waals surface area (Å²) >= 11 is 0. The molecule has 3 aliphatic heterocycles. The quantitative estimate of drug-likeness (QED) is 0.594. The number of rotatable bonds is 5. The van der Waals surface area contributed by atoms with Crippen LogP contribution in [0.5, 0.6) is 11.6 Å². The van der Waals surface area contributed by atoms with E-state index < -0.39 is 11.9 Å². The summed E-state index contributed by atoms with van der Waals surface area (Å²) in [6.45, 7) is 1.80. The number of nitrogens with one attached hydrogen (secondary N) is 1. The maximum atomic E-state index is 15.1. The van der Waals surface area contributed by atoms with Crippen LogP contribution < -0.4 is 9.47 Å². The van der Waals surface area contributed by atoms with Gasteiger partial charge in [-0.15, -0.1) is 0 Å². The van der Waals surface area contributed by atoms with Gasteiger partial charge in [0.05, 0.1) is 44.6 Å². The Hall–Kier alpha value is -2.98. The van der Waals surface area contributed by atoms with E-state index in [1.165, 1.54) is 11.6 Å². The predicted octanol–water partition coefficient (Wildman–Crippen LogP) is 3.09.